The molecule has 21 heavy (non-hydrogen) atoms. The second-order valence-electron chi connectivity index (χ2n) is 4.83. The summed E-state index contributed by atoms with van der Waals surface area (Å²) in [6, 6.07) is 2.33. The van der Waals surface area contributed by atoms with Crippen molar-refractivity contribution in [1.29, 1.82) is 0 Å². The van der Waals surface area contributed by atoms with E-state index < -0.39 is 11.9 Å². The molecular weight excluding hydrogens is 283 g/mol. The molecule has 112 valence electrons. The topological polar surface area (TPSA) is 50.7 Å². The zero-order valence-corrected chi connectivity index (χ0v) is 11.5. The molecular formula is C14H14F3N3O. The standard InChI is InChI=1S/C14H14F3N3O/c1-9(2)20-8-10(7-18-20)12(21)5-3-11-4-6-13(19-11)14(15,16)17/h3-9,19H,1-2H3. The van der Waals surface area contributed by atoms with E-state index in [9.17, 15) is 18.0 Å². The molecule has 0 aliphatic rings. The maximum absolute atomic E-state index is 12.4. The number of halogens is 3. The molecule has 0 bridgehead atoms. The van der Waals surface area contributed by atoms with Gasteiger partial charge in [0.2, 0.25) is 0 Å². The largest absolute Gasteiger partial charge is 0.431 e. The van der Waals surface area contributed by atoms with Crippen molar-refractivity contribution < 1.29 is 18.0 Å². The summed E-state index contributed by atoms with van der Waals surface area (Å²) in [4.78, 5) is 14.1. The number of rotatable bonds is 4. The first kappa shape index (κ1) is 15.1. The summed E-state index contributed by atoms with van der Waals surface area (Å²) in [5.74, 6) is -0.315. The van der Waals surface area contributed by atoms with Gasteiger partial charge >= 0.3 is 6.18 Å². The molecule has 2 rings (SSSR count). The fraction of sp³-hybridized carbons (Fsp3) is 0.286. The first-order valence-electron chi connectivity index (χ1n) is 6.30. The average molecular weight is 297 g/mol. The van der Waals surface area contributed by atoms with Crippen molar-refractivity contribution in [1.82, 2.24) is 14.8 Å². The maximum atomic E-state index is 12.4. The minimum Gasteiger partial charge on any atom is -0.352 e. The van der Waals surface area contributed by atoms with E-state index in [2.05, 4.69) is 10.1 Å². The molecule has 0 aliphatic carbocycles. The predicted molar refractivity (Wildman–Crippen MR) is 71.8 cm³/mol. The van der Waals surface area contributed by atoms with E-state index in [1.165, 1.54) is 24.4 Å². The maximum Gasteiger partial charge on any atom is 0.431 e. The fourth-order valence-electron chi connectivity index (χ4n) is 1.68. The number of ketones is 1. The van der Waals surface area contributed by atoms with Crippen LogP contribution in [0.3, 0.4) is 0 Å². The van der Waals surface area contributed by atoms with Crippen molar-refractivity contribution in [2.75, 3.05) is 0 Å². The lowest BCUT2D eigenvalue weighted by atomic mass is 10.2. The lowest BCUT2D eigenvalue weighted by molar-refractivity contribution is -0.140. The first-order chi connectivity index (χ1) is 9.77. The Hall–Kier alpha value is -2.31. The molecule has 0 saturated carbocycles. The zero-order chi connectivity index (χ0) is 15.6. The van der Waals surface area contributed by atoms with Crippen LogP contribution in [0, 0.1) is 0 Å². The SMILES string of the molecule is CC(C)n1cc(C(=O)C=Cc2ccc(C(F)(F)F)[nH]2)cn1. The number of aromatic amines is 1. The monoisotopic (exact) mass is 297 g/mol. The van der Waals surface area contributed by atoms with Crippen molar-refractivity contribution in [2.24, 2.45) is 0 Å². The number of alkyl halides is 3. The van der Waals surface area contributed by atoms with E-state index in [4.69, 9.17) is 0 Å². The molecule has 2 aromatic heterocycles. The van der Waals surface area contributed by atoms with Crippen molar-refractivity contribution in [3.63, 3.8) is 0 Å². The summed E-state index contributed by atoms with van der Waals surface area (Å²) in [5.41, 5.74) is -0.239. The molecule has 0 atom stereocenters. The smallest absolute Gasteiger partial charge is 0.352 e. The Balaban J connectivity index is 2.09. The van der Waals surface area contributed by atoms with Gasteiger partial charge in [-0.2, -0.15) is 18.3 Å². The minimum atomic E-state index is -4.42. The molecule has 4 nitrogen and oxygen atoms in total. The minimum absolute atomic E-state index is 0.133. The molecule has 2 aromatic rings. The van der Waals surface area contributed by atoms with Crippen LogP contribution in [0.15, 0.2) is 30.6 Å². The van der Waals surface area contributed by atoms with Gasteiger partial charge in [0.1, 0.15) is 5.69 Å². The number of nitrogens with one attached hydrogen (secondary N) is 1. The summed E-state index contributed by atoms with van der Waals surface area (Å²) < 4.78 is 38.9. The molecule has 1 N–H and O–H groups in total. The molecule has 0 fully saturated rings. The van der Waals surface area contributed by atoms with Crippen molar-refractivity contribution in [3.8, 4) is 0 Å². The van der Waals surface area contributed by atoms with Crippen LogP contribution in [0.4, 0.5) is 13.2 Å². The highest BCUT2D eigenvalue weighted by molar-refractivity contribution is 6.06. The molecule has 2 heterocycles. The number of aromatic nitrogens is 3. The zero-order valence-electron chi connectivity index (χ0n) is 11.5. The van der Waals surface area contributed by atoms with Gasteiger partial charge in [0.05, 0.1) is 11.8 Å². The van der Waals surface area contributed by atoms with Crippen LogP contribution in [0.5, 0.6) is 0 Å². The van der Waals surface area contributed by atoms with Gasteiger partial charge in [0.15, 0.2) is 5.78 Å². The Labute approximate surface area is 119 Å². The highest BCUT2D eigenvalue weighted by Crippen LogP contribution is 2.28. The lowest BCUT2D eigenvalue weighted by Crippen LogP contribution is -2.04. The average Bonchev–Trinajstić information content (AvgIpc) is 3.04. The van der Waals surface area contributed by atoms with Gasteiger partial charge in [0.25, 0.3) is 0 Å². The van der Waals surface area contributed by atoms with Crippen molar-refractivity contribution >= 4 is 11.9 Å². The van der Waals surface area contributed by atoms with Gasteiger partial charge in [-0.05, 0) is 38.1 Å². The molecule has 7 heteroatoms. The van der Waals surface area contributed by atoms with Crippen molar-refractivity contribution in [2.45, 2.75) is 26.1 Å². The second-order valence-corrected chi connectivity index (χ2v) is 4.83. The summed E-state index contributed by atoms with van der Waals surface area (Å²) in [6.45, 7) is 3.85. The Morgan fingerprint density at radius 3 is 2.62 bits per heavy atom. The number of carbonyl (C=O) groups excluding carboxylic acids is 1. The summed E-state index contributed by atoms with van der Waals surface area (Å²) in [5, 5.41) is 4.03. The lowest BCUT2D eigenvalue weighted by Gasteiger charge is -2.02. The van der Waals surface area contributed by atoms with E-state index in [1.807, 2.05) is 13.8 Å². The quantitative estimate of drug-likeness (QED) is 0.691. The van der Waals surface area contributed by atoms with Crippen LogP contribution < -0.4 is 0 Å². The van der Waals surface area contributed by atoms with Gasteiger partial charge in [-0.1, -0.05) is 0 Å². The van der Waals surface area contributed by atoms with Crippen LogP contribution in [0.2, 0.25) is 0 Å². The first-order valence-corrected chi connectivity index (χ1v) is 6.30. The summed E-state index contributed by atoms with van der Waals surface area (Å²) in [7, 11) is 0. The van der Waals surface area contributed by atoms with Crippen molar-refractivity contribution in [3.05, 3.63) is 47.6 Å². The van der Waals surface area contributed by atoms with Gasteiger partial charge in [-0.3, -0.25) is 9.48 Å². The molecule has 0 radical (unpaired) electrons. The third-order valence-corrected chi connectivity index (χ3v) is 2.84. The van der Waals surface area contributed by atoms with E-state index in [1.54, 1.807) is 10.9 Å². The Bertz CT molecular complexity index is 665. The number of allylic oxidation sites excluding steroid dienone is 1. The molecule has 0 spiro atoms. The molecule has 0 aromatic carbocycles. The van der Waals surface area contributed by atoms with Crippen LogP contribution in [0.25, 0.3) is 6.08 Å². The summed E-state index contributed by atoms with van der Waals surface area (Å²) >= 11 is 0. The molecule has 0 unspecified atom stereocenters. The highest BCUT2D eigenvalue weighted by atomic mass is 19.4. The van der Waals surface area contributed by atoms with E-state index in [-0.39, 0.29) is 17.5 Å². The Morgan fingerprint density at radius 1 is 1.38 bits per heavy atom. The van der Waals surface area contributed by atoms with Crippen LogP contribution in [-0.2, 0) is 6.18 Å². The number of hydrogen-bond acceptors (Lipinski definition) is 2. The van der Waals surface area contributed by atoms with Gasteiger partial charge in [0, 0.05) is 17.9 Å². The van der Waals surface area contributed by atoms with Crippen LogP contribution in [0.1, 0.15) is 41.6 Å². The van der Waals surface area contributed by atoms with Gasteiger partial charge in [-0.25, -0.2) is 0 Å². The van der Waals surface area contributed by atoms with Gasteiger partial charge < -0.3 is 4.98 Å². The molecule has 0 saturated heterocycles. The third-order valence-electron chi connectivity index (χ3n) is 2.84. The highest BCUT2D eigenvalue weighted by Gasteiger charge is 2.31. The number of nitrogens with zero attached hydrogens (tertiary/aromatic N) is 2. The third kappa shape index (κ3) is 3.62. The molecule has 0 aliphatic heterocycles. The Morgan fingerprint density at radius 2 is 2.10 bits per heavy atom. The predicted octanol–water partition coefficient (Wildman–Crippen LogP) is 3.71. The fourth-order valence-corrected chi connectivity index (χ4v) is 1.68. The number of hydrogen-bond donors (Lipinski definition) is 1. The molecule has 0 amide bonds. The van der Waals surface area contributed by atoms with Crippen LogP contribution >= 0.6 is 0 Å². The Kier molecular flexibility index (Phi) is 4.02. The van der Waals surface area contributed by atoms with Gasteiger partial charge in [-0.15, -0.1) is 0 Å². The van der Waals surface area contributed by atoms with Crippen LogP contribution in [-0.4, -0.2) is 20.5 Å². The normalized spacial score (nSPS) is 12.5. The number of H-pyrrole nitrogens is 1. The second kappa shape index (κ2) is 5.59. The van der Waals surface area contributed by atoms with E-state index >= 15 is 0 Å². The summed E-state index contributed by atoms with van der Waals surface area (Å²) in [6.07, 6.45) is 1.14. The van der Waals surface area contributed by atoms with E-state index in [0.717, 1.165) is 6.07 Å². The van der Waals surface area contributed by atoms with E-state index in [0.29, 0.717) is 5.56 Å². The number of carbonyl (C=O) groups is 1.